The Labute approximate surface area is 140 Å². The third-order valence-electron chi connectivity index (χ3n) is 4.17. The predicted octanol–water partition coefficient (Wildman–Crippen LogP) is 1.26. The summed E-state index contributed by atoms with van der Waals surface area (Å²) in [6.07, 6.45) is 2.42. The van der Waals surface area contributed by atoms with Crippen LogP contribution in [-0.4, -0.2) is 62.5 Å². The molecular formula is C15H21F2N3O3S. The van der Waals surface area contributed by atoms with E-state index in [1.165, 1.54) is 16.6 Å². The second kappa shape index (κ2) is 7.54. The number of piperidine rings is 1. The second-order valence-electron chi connectivity index (χ2n) is 5.96. The van der Waals surface area contributed by atoms with Crippen LogP contribution in [0, 0.1) is 11.6 Å². The average molecular weight is 361 g/mol. The number of carbonyl (C=O) groups is 1. The lowest BCUT2D eigenvalue weighted by atomic mass is 10.1. The number of nitrogens with zero attached hydrogens (tertiary/aromatic N) is 2. The summed E-state index contributed by atoms with van der Waals surface area (Å²) in [4.78, 5) is 13.9. The fourth-order valence-corrected chi connectivity index (χ4v) is 3.45. The lowest BCUT2D eigenvalue weighted by molar-refractivity contribution is -0.117. The van der Waals surface area contributed by atoms with Gasteiger partial charge in [0.1, 0.15) is 11.6 Å². The molecule has 0 saturated carbocycles. The molecule has 0 radical (unpaired) electrons. The zero-order valence-corrected chi connectivity index (χ0v) is 14.4. The molecule has 0 unspecified atom stereocenters. The maximum Gasteiger partial charge on any atom is 0.238 e. The predicted molar refractivity (Wildman–Crippen MR) is 87.1 cm³/mol. The first-order valence-electron chi connectivity index (χ1n) is 7.57. The van der Waals surface area contributed by atoms with Crippen molar-refractivity contribution in [2.24, 2.45) is 0 Å². The Bertz CT molecular complexity index is 704. The van der Waals surface area contributed by atoms with Crippen LogP contribution in [0.4, 0.5) is 14.5 Å². The monoisotopic (exact) mass is 361 g/mol. The van der Waals surface area contributed by atoms with E-state index < -0.39 is 27.6 Å². The first kappa shape index (κ1) is 18.8. The van der Waals surface area contributed by atoms with Crippen LogP contribution in [0.15, 0.2) is 18.2 Å². The summed E-state index contributed by atoms with van der Waals surface area (Å²) in [5, 5.41) is 2.41. The number of benzene rings is 1. The van der Waals surface area contributed by atoms with Crippen LogP contribution in [0.1, 0.15) is 12.8 Å². The summed E-state index contributed by atoms with van der Waals surface area (Å²) in [7, 11) is -1.67. The highest BCUT2D eigenvalue weighted by atomic mass is 32.2. The molecule has 0 atom stereocenters. The van der Waals surface area contributed by atoms with Crippen molar-refractivity contribution in [3.8, 4) is 0 Å². The van der Waals surface area contributed by atoms with Gasteiger partial charge in [-0.2, -0.15) is 0 Å². The zero-order valence-electron chi connectivity index (χ0n) is 13.6. The summed E-state index contributed by atoms with van der Waals surface area (Å²) >= 11 is 0. The van der Waals surface area contributed by atoms with Gasteiger partial charge >= 0.3 is 0 Å². The number of hydrogen-bond acceptors (Lipinski definition) is 4. The van der Waals surface area contributed by atoms with E-state index in [1.54, 1.807) is 7.05 Å². The SMILES string of the molecule is CN(C1CCN(CC(=O)Nc2ccc(F)cc2F)CC1)S(C)(=O)=O. The topological polar surface area (TPSA) is 69.7 Å². The highest BCUT2D eigenvalue weighted by Crippen LogP contribution is 2.18. The van der Waals surface area contributed by atoms with Crippen molar-refractivity contribution in [2.75, 3.05) is 38.3 Å². The molecule has 6 nitrogen and oxygen atoms in total. The maximum absolute atomic E-state index is 13.5. The molecule has 2 rings (SSSR count). The highest BCUT2D eigenvalue weighted by Gasteiger charge is 2.27. The van der Waals surface area contributed by atoms with E-state index in [-0.39, 0.29) is 18.3 Å². The molecule has 1 heterocycles. The summed E-state index contributed by atoms with van der Waals surface area (Å²) < 4.78 is 50.8. The molecule has 24 heavy (non-hydrogen) atoms. The molecule has 9 heteroatoms. The van der Waals surface area contributed by atoms with Gasteiger partial charge in [-0.15, -0.1) is 0 Å². The summed E-state index contributed by atoms with van der Waals surface area (Å²) in [6, 6.07) is 2.89. The first-order chi connectivity index (χ1) is 11.2. The number of nitrogens with one attached hydrogen (secondary N) is 1. The molecule has 1 aromatic rings. The zero-order chi connectivity index (χ0) is 17.9. The van der Waals surface area contributed by atoms with Crippen LogP contribution in [0.3, 0.4) is 0 Å². The van der Waals surface area contributed by atoms with Gasteiger partial charge in [0.25, 0.3) is 0 Å². The van der Waals surface area contributed by atoms with Crippen LogP contribution in [0.25, 0.3) is 0 Å². The fraction of sp³-hybridized carbons (Fsp3) is 0.533. The smallest absolute Gasteiger partial charge is 0.238 e. The van der Waals surface area contributed by atoms with E-state index in [4.69, 9.17) is 0 Å². The fourth-order valence-electron chi connectivity index (χ4n) is 2.70. The highest BCUT2D eigenvalue weighted by molar-refractivity contribution is 7.88. The number of likely N-dealkylation sites (tertiary alicyclic amines) is 1. The van der Waals surface area contributed by atoms with Gasteiger partial charge in [0.2, 0.25) is 15.9 Å². The molecule has 1 amide bonds. The molecule has 0 spiro atoms. The summed E-state index contributed by atoms with van der Waals surface area (Å²) in [5.41, 5.74) is -0.0619. The lowest BCUT2D eigenvalue weighted by Crippen LogP contribution is -2.47. The molecular weight excluding hydrogens is 340 g/mol. The molecule has 134 valence electrons. The maximum atomic E-state index is 13.5. The Hall–Kier alpha value is -1.58. The number of amides is 1. The van der Waals surface area contributed by atoms with E-state index in [9.17, 15) is 22.0 Å². The minimum Gasteiger partial charge on any atom is -0.322 e. The Morgan fingerprint density at radius 3 is 2.50 bits per heavy atom. The van der Waals surface area contributed by atoms with Gasteiger partial charge in [-0.1, -0.05) is 0 Å². The Balaban J connectivity index is 1.84. The molecule has 0 aromatic heterocycles. The molecule has 1 aliphatic rings. The quantitative estimate of drug-likeness (QED) is 0.857. The second-order valence-corrected chi connectivity index (χ2v) is 8.00. The minimum atomic E-state index is -3.23. The van der Waals surface area contributed by atoms with Crippen LogP contribution >= 0.6 is 0 Å². The molecule has 1 aromatic carbocycles. The normalized spacial score (nSPS) is 17.2. The number of hydrogen-bond donors (Lipinski definition) is 1. The molecule has 0 bridgehead atoms. The number of rotatable bonds is 5. The van der Waals surface area contributed by atoms with E-state index in [1.807, 2.05) is 4.90 Å². The van der Waals surface area contributed by atoms with Crippen LogP contribution < -0.4 is 5.32 Å². The summed E-state index contributed by atoms with van der Waals surface area (Å²) in [5.74, 6) is -1.92. The van der Waals surface area contributed by atoms with Gasteiger partial charge in [0.15, 0.2) is 0 Å². The third-order valence-corrected chi connectivity index (χ3v) is 5.51. The number of sulfonamides is 1. The van der Waals surface area contributed by atoms with Gasteiger partial charge in [0, 0.05) is 32.2 Å². The van der Waals surface area contributed by atoms with E-state index >= 15 is 0 Å². The van der Waals surface area contributed by atoms with Gasteiger partial charge < -0.3 is 5.32 Å². The largest absolute Gasteiger partial charge is 0.322 e. The molecule has 1 fully saturated rings. The Morgan fingerprint density at radius 1 is 1.33 bits per heavy atom. The van der Waals surface area contributed by atoms with Gasteiger partial charge in [-0.3, -0.25) is 9.69 Å². The molecule has 0 aliphatic carbocycles. The van der Waals surface area contributed by atoms with Gasteiger partial charge in [0.05, 0.1) is 18.5 Å². The van der Waals surface area contributed by atoms with Crippen molar-refractivity contribution in [3.05, 3.63) is 29.8 Å². The Kier molecular flexibility index (Phi) is 5.89. The third kappa shape index (κ3) is 4.96. The lowest BCUT2D eigenvalue weighted by Gasteiger charge is -2.35. The van der Waals surface area contributed by atoms with Gasteiger partial charge in [-0.25, -0.2) is 21.5 Å². The van der Waals surface area contributed by atoms with Crippen molar-refractivity contribution in [2.45, 2.75) is 18.9 Å². The number of anilines is 1. The Morgan fingerprint density at radius 2 is 1.96 bits per heavy atom. The molecule has 1 N–H and O–H groups in total. The van der Waals surface area contributed by atoms with E-state index in [0.29, 0.717) is 32.0 Å². The molecule has 1 aliphatic heterocycles. The average Bonchev–Trinajstić information content (AvgIpc) is 2.49. The minimum absolute atomic E-state index is 0.0619. The van der Waals surface area contributed by atoms with Crippen molar-refractivity contribution in [1.82, 2.24) is 9.21 Å². The van der Waals surface area contributed by atoms with Crippen molar-refractivity contribution < 1.29 is 22.0 Å². The van der Waals surface area contributed by atoms with Crippen molar-refractivity contribution >= 4 is 21.6 Å². The number of carbonyl (C=O) groups excluding carboxylic acids is 1. The standard InChI is InChI=1S/C15H21F2N3O3S/c1-19(24(2,22)23)12-5-7-20(8-6-12)10-15(21)18-14-4-3-11(16)9-13(14)17/h3-4,9,12H,5-8,10H2,1-2H3,(H,18,21). The first-order valence-corrected chi connectivity index (χ1v) is 9.42. The van der Waals surface area contributed by atoms with Crippen molar-refractivity contribution in [1.29, 1.82) is 0 Å². The van der Waals surface area contributed by atoms with Crippen molar-refractivity contribution in [3.63, 3.8) is 0 Å². The van der Waals surface area contributed by atoms with Crippen LogP contribution in [0.5, 0.6) is 0 Å². The van der Waals surface area contributed by atoms with E-state index in [0.717, 1.165) is 6.07 Å². The van der Waals surface area contributed by atoms with E-state index in [2.05, 4.69) is 5.32 Å². The van der Waals surface area contributed by atoms with Gasteiger partial charge in [-0.05, 0) is 25.0 Å². The van der Waals surface area contributed by atoms with Crippen LogP contribution in [0.2, 0.25) is 0 Å². The molecule has 1 saturated heterocycles. The number of halogens is 2. The van der Waals surface area contributed by atoms with Crippen LogP contribution in [-0.2, 0) is 14.8 Å². The summed E-state index contributed by atoms with van der Waals surface area (Å²) in [6.45, 7) is 1.22.